The lowest BCUT2D eigenvalue weighted by Crippen LogP contribution is -2.21. The smallest absolute Gasteiger partial charge is 0.150 e. The van der Waals surface area contributed by atoms with Crippen LogP contribution in [0.3, 0.4) is 0 Å². The van der Waals surface area contributed by atoms with Crippen molar-refractivity contribution in [3.63, 3.8) is 0 Å². The molecule has 1 rings (SSSR count). The minimum Gasteiger partial charge on any atom is -0.395 e. The van der Waals surface area contributed by atoms with Crippen LogP contribution in [0.4, 0.5) is 11.5 Å². The van der Waals surface area contributed by atoms with Crippen LogP contribution in [0.25, 0.3) is 0 Å². The number of nitrogens with zero attached hydrogens (tertiary/aromatic N) is 2. The lowest BCUT2D eigenvalue weighted by atomic mass is 10.2. The van der Waals surface area contributed by atoms with Gasteiger partial charge in [0.1, 0.15) is 6.07 Å². The molecule has 0 bridgehead atoms. The van der Waals surface area contributed by atoms with Gasteiger partial charge in [-0.25, -0.2) is 4.98 Å². The molecule has 16 heavy (non-hydrogen) atoms. The van der Waals surface area contributed by atoms with E-state index in [0.29, 0.717) is 30.2 Å². The van der Waals surface area contributed by atoms with Crippen molar-refractivity contribution >= 4 is 11.5 Å². The Morgan fingerprint density at radius 1 is 1.69 bits per heavy atom. The summed E-state index contributed by atoms with van der Waals surface area (Å²) in [6.45, 7) is 5.18. The van der Waals surface area contributed by atoms with Gasteiger partial charge in [0.25, 0.3) is 0 Å². The molecular weight excluding hydrogens is 204 g/mol. The molecule has 1 unspecified atom stereocenters. The minimum atomic E-state index is 0.0805. The number of hydrogen-bond acceptors (Lipinski definition) is 5. The van der Waals surface area contributed by atoms with Crippen molar-refractivity contribution in [3.05, 3.63) is 17.8 Å². The van der Waals surface area contributed by atoms with Gasteiger partial charge in [-0.05, 0) is 19.9 Å². The van der Waals surface area contributed by atoms with Crippen LogP contribution in [-0.4, -0.2) is 24.2 Å². The average Bonchev–Trinajstić information content (AvgIpc) is 2.28. The first-order chi connectivity index (χ1) is 7.69. The normalized spacial score (nSPS) is 11.8. The predicted octanol–water partition coefficient (Wildman–Crippen LogP) is 1.37. The Labute approximate surface area is 95.2 Å². The lowest BCUT2D eigenvalue weighted by Gasteiger charge is -2.14. The van der Waals surface area contributed by atoms with Gasteiger partial charge in [0.15, 0.2) is 5.82 Å². The molecule has 1 aromatic rings. The van der Waals surface area contributed by atoms with Crippen molar-refractivity contribution in [2.24, 2.45) is 0 Å². The summed E-state index contributed by atoms with van der Waals surface area (Å²) in [5, 5.41) is 11.9. The summed E-state index contributed by atoms with van der Waals surface area (Å²) in [5.74, 6) is 0.533. The van der Waals surface area contributed by atoms with Gasteiger partial charge in [0.2, 0.25) is 0 Å². The van der Waals surface area contributed by atoms with E-state index < -0.39 is 0 Å². The number of aromatic nitrogens is 1. The fourth-order valence-corrected chi connectivity index (χ4v) is 1.30. The van der Waals surface area contributed by atoms with Crippen LogP contribution in [0.5, 0.6) is 0 Å². The maximum absolute atomic E-state index is 8.79. The molecule has 5 nitrogen and oxygen atoms in total. The molecule has 0 amide bonds. The topological polar surface area (TPSA) is 84.0 Å². The second kappa shape index (κ2) is 5.93. The van der Waals surface area contributed by atoms with E-state index in [4.69, 9.17) is 15.7 Å². The van der Waals surface area contributed by atoms with Crippen LogP contribution >= 0.6 is 0 Å². The van der Waals surface area contributed by atoms with Crippen LogP contribution in [-0.2, 0) is 4.74 Å². The quantitative estimate of drug-likeness (QED) is 0.783. The van der Waals surface area contributed by atoms with Crippen molar-refractivity contribution in [2.75, 3.05) is 24.2 Å². The maximum atomic E-state index is 8.79. The van der Waals surface area contributed by atoms with Gasteiger partial charge >= 0.3 is 0 Å². The van der Waals surface area contributed by atoms with E-state index in [1.807, 2.05) is 19.9 Å². The van der Waals surface area contributed by atoms with Gasteiger partial charge in [-0.3, -0.25) is 0 Å². The molecule has 1 heterocycles. The summed E-state index contributed by atoms with van der Waals surface area (Å²) in [7, 11) is 0. The molecule has 1 atom stereocenters. The third-order valence-electron chi connectivity index (χ3n) is 2.12. The SMILES string of the molecule is CCOC(C)CNc1nccc(C#N)c1N. The van der Waals surface area contributed by atoms with E-state index in [9.17, 15) is 0 Å². The van der Waals surface area contributed by atoms with Gasteiger partial charge in [-0.2, -0.15) is 5.26 Å². The van der Waals surface area contributed by atoms with Crippen LogP contribution in [0.1, 0.15) is 19.4 Å². The molecule has 3 N–H and O–H groups in total. The van der Waals surface area contributed by atoms with E-state index in [1.54, 1.807) is 12.3 Å². The van der Waals surface area contributed by atoms with E-state index >= 15 is 0 Å². The van der Waals surface area contributed by atoms with Crippen LogP contribution in [0.2, 0.25) is 0 Å². The fourth-order valence-electron chi connectivity index (χ4n) is 1.30. The third kappa shape index (κ3) is 3.11. The van der Waals surface area contributed by atoms with E-state index in [2.05, 4.69) is 10.3 Å². The van der Waals surface area contributed by atoms with Crippen molar-refractivity contribution in [1.82, 2.24) is 4.98 Å². The average molecular weight is 220 g/mol. The Balaban J connectivity index is 2.64. The van der Waals surface area contributed by atoms with E-state index in [-0.39, 0.29) is 6.10 Å². The molecule has 0 aliphatic heterocycles. The molecule has 0 aromatic carbocycles. The Morgan fingerprint density at radius 2 is 2.44 bits per heavy atom. The van der Waals surface area contributed by atoms with Crippen LogP contribution in [0, 0.1) is 11.3 Å². The van der Waals surface area contributed by atoms with Crippen LogP contribution < -0.4 is 11.1 Å². The minimum absolute atomic E-state index is 0.0805. The number of rotatable bonds is 5. The molecule has 0 aliphatic rings. The zero-order valence-corrected chi connectivity index (χ0v) is 9.53. The molecular formula is C11H16N4O. The first-order valence-electron chi connectivity index (χ1n) is 5.19. The Morgan fingerprint density at radius 3 is 3.06 bits per heavy atom. The summed E-state index contributed by atoms with van der Waals surface area (Å²) in [6, 6.07) is 3.60. The Kier molecular flexibility index (Phi) is 4.55. The number of anilines is 2. The summed E-state index contributed by atoms with van der Waals surface area (Å²) in [4.78, 5) is 4.08. The van der Waals surface area contributed by atoms with Gasteiger partial charge in [-0.15, -0.1) is 0 Å². The van der Waals surface area contributed by atoms with Crippen molar-refractivity contribution in [2.45, 2.75) is 20.0 Å². The van der Waals surface area contributed by atoms with Crippen LogP contribution in [0.15, 0.2) is 12.3 Å². The molecule has 5 heteroatoms. The standard InChI is InChI=1S/C11H16N4O/c1-3-16-8(2)7-15-11-10(13)9(6-12)4-5-14-11/h4-5,8H,3,7,13H2,1-2H3,(H,14,15). The van der Waals surface area contributed by atoms with Crippen molar-refractivity contribution < 1.29 is 4.74 Å². The number of nitriles is 1. The monoisotopic (exact) mass is 220 g/mol. The summed E-state index contributed by atoms with van der Waals surface area (Å²) in [6.07, 6.45) is 1.64. The molecule has 0 saturated heterocycles. The molecule has 0 fully saturated rings. The molecule has 1 aromatic heterocycles. The summed E-state index contributed by atoms with van der Waals surface area (Å²) < 4.78 is 5.36. The molecule has 0 saturated carbocycles. The number of nitrogens with one attached hydrogen (secondary N) is 1. The highest BCUT2D eigenvalue weighted by Gasteiger charge is 2.07. The Hall–Kier alpha value is -1.80. The highest BCUT2D eigenvalue weighted by molar-refractivity contribution is 5.68. The van der Waals surface area contributed by atoms with Gasteiger partial charge in [0, 0.05) is 19.3 Å². The molecule has 86 valence electrons. The van der Waals surface area contributed by atoms with Gasteiger partial charge < -0.3 is 15.8 Å². The predicted molar refractivity (Wildman–Crippen MR) is 62.9 cm³/mol. The number of hydrogen-bond donors (Lipinski definition) is 2. The number of nitrogens with two attached hydrogens (primary N) is 1. The van der Waals surface area contributed by atoms with Gasteiger partial charge in [0.05, 0.1) is 17.4 Å². The largest absolute Gasteiger partial charge is 0.395 e. The van der Waals surface area contributed by atoms with Crippen molar-refractivity contribution in [1.29, 1.82) is 5.26 Å². The molecule has 0 radical (unpaired) electrons. The zero-order chi connectivity index (χ0) is 12.0. The summed E-state index contributed by atoms with van der Waals surface area (Å²) >= 11 is 0. The first-order valence-corrected chi connectivity index (χ1v) is 5.19. The lowest BCUT2D eigenvalue weighted by molar-refractivity contribution is 0.0855. The first kappa shape index (κ1) is 12.3. The fraction of sp³-hybridized carbons (Fsp3) is 0.455. The zero-order valence-electron chi connectivity index (χ0n) is 9.53. The van der Waals surface area contributed by atoms with Crippen molar-refractivity contribution in [3.8, 4) is 6.07 Å². The second-order valence-electron chi connectivity index (χ2n) is 3.38. The number of pyridine rings is 1. The number of ether oxygens (including phenoxy) is 1. The summed E-state index contributed by atoms with van der Waals surface area (Å²) in [5.41, 5.74) is 6.58. The second-order valence-corrected chi connectivity index (χ2v) is 3.38. The third-order valence-corrected chi connectivity index (χ3v) is 2.12. The van der Waals surface area contributed by atoms with E-state index in [1.165, 1.54) is 0 Å². The maximum Gasteiger partial charge on any atom is 0.150 e. The molecule has 0 aliphatic carbocycles. The highest BCUT2D eigenvalue weighted by Crippen LogP contribution is 2.18. The highest BCUT2D eigenvalue weighted by atomic mass is 16.5. The molecule has 0 spiro atoms. The van der Waals surface area contributed by atoms with E-state index in [0.717, 1.165) is 0 Å². The Bertz CT molecular complexity index is 386. The van der Waals surface area contributed by atoms with Gasteiger partial charge in [-0.1, -0.05) is 0 Å². The number of nitrogen functional groups attached to an aromatic ring is 1.